The summed E-state index contributed by atoms with van der Waals surface area (Å²) in [6.07, 6.45) is 1.64. The van der Waals surface area contributed by atoms with Crippen LogP contribution in [0.4, 0.5) is 5.69 Å². The van der Waals surface area contributed by atoms with E-state index in [9.17, 15) is 9.59 Å². The van der Waals surface area contributed by atoms with Gasteiger partial charge in [0.15, 0.2) is 0 Å². The molecule has 4 rings (SSSR count). The SMILES string of the molecule is Cc1cc(N2C(=O)C3C4CCC(O4)C3C2=O)ccc1Cl. The van der Waals surface area contributed by atoms with Crippen LogP contribution in [0, 0.1) is 18.8 Å². The second-order valence-corrected chi connectivity index (χ2v) is 6.19. The van der Waals surface area contributed by atoms with E-state index in [0.29, 0.717) is 10.7 Å². The van der Waals surface area contributed by atoms with Gasteiger partial charge in [-0.05, 0) is 43.5 Å². The van der Waals surface area contributed by atoms with Crippen LogP contribution in [0.5, 0.6) is 0 Å². The molecule has 0 radical (unpaired) electrons. The summed E-state index contributed by atoms with van der Waals surface area (Å²) in [5.41, 5.74) is 1.48. The van der Waals surface area contributed by atoms with Gasteiger partial charge in [-0.1, -0.05) is 11.6 Å². The smallest absolute Gasteiger partial charge is 0.240 e. The maximum absolute atomic E-state index is 12.6. The van der Waals surface area contributed by atoms with E-state index in [1.54, 1.807) is 18.2 Å². The molecule has 4 unspecified atom stereocenters. The zero-order valence-electron chi connectivity index (χ0n) is 11.0. The van der Waals surface area contributed by atoms with Gasteiger partial charge in [0, 0.05) is 5.02 Å². The Labute approximate surface area is 121 Å². The molecule has 0 aromatic heterocycles. The normalized spacial score (nSPS) is 35.0. The van der Waals surface area contributed by atoms with Gasteiger partial charge >= 0.3 is 0 Å². The van der Waals surface area contributed by atoms with Gasteiger partial charge in [0.1, 0.15) is 0 Å². The minimum absolute atomic E-state index is 0.0696. The minimum Gasteiger partial charge on any atom is -0.373 e. The standard InChI is InChI=1S/C15H14ClNO3/c1-7-6-8(2-3-9(7)16)17-14(18)12-10-4-5-11(20-10)13(12)15(17)19/h2-3,6,10-13H,4-5H2,1H3. The van der Waals surface area contributed by atoms with Crippen molar-refractivity contribution in [3.05, 3.63) is 28.8 Å². The van der Waals surface area contributed by atoms with Gasteiger partial charge in [-0.15, -0.1) is 0 Å². The Bertz CT molecular complexity index is 602. The number of rotatable bonds is 1. The number of halogens is 1. The Morgan fingerprint density at radius 2 is 1.75 bits per heavy atom. The number of aryl methyl sites for hydroxylation is 1. The van der Waals surface area contributed by atoms with Crippen molar-refractivity contribution in [2.24, 2.45) is 11.8 Å². The van der Waals surface area contributed by atoms with Crippen molar-refractivity contribution in [2.75, 3.05) is 4.90 Å². The maximum Gasteiger partial charge on any atom is 0.240 e. The second kappa shape index (κ2) is 4.06. The van der Waals surface area contributed by atoms with E-state index >= 15 is 0 Å². The fourth-order valence-electron chi connectivity index (χ4n) is 3.73. The fraction of sp³-hybridized carbons (Fsp3) is 0.467. The number of hydrogen-bond donors (Lipinski definition) is 0. The molecule has 1 aromatic rings. The first kappa shape index (κ1) is 12.4. The Morgan fingerprint density at radius 3 is 2.30 bits per heavy atom. The number of nitrogens with zero attached hydrogens (tertiary/aromatic N) is 1. The summed E-state index contributed by atoms with van der Waals surface area (Å²) in [4.78, 5) is 26.5. The fourth-order valence-corrected chi connectivity index (χ4v) is 3.85. The Balaban J connectivity index is 1.74. The summed E-state index contributed by atoms with van der Waals surface area (Å²) in [5, 5.41) is 0.636. The molecule has 1 aromatic carbocycles. The number of imide groups is 1. The lowest BCUT2D eigenvalue weighted by atomic mass is 9.81. The van der Waals surface area contributed by atoms with Crippen molar-refractivity contribution in [2.45, 2.75) is 32.0 Å². The molecule has 20 heavy (non-hydrogen) atoms. The van der Waals surface area contributed by atoms with Crippen LogP contribution in [0.1, 0.15) is 18.4 Å². The first-order valence-corrected chi connectivity index (χ1v) is 7.25. The predicted octanol–water partition coefficient (Wildman–Crippen LogP) is 2.32. The average Bonchev–Trinajstić information content (AvgIpc) is 3.08. The van der Waals surface area contributed by atoms with Gasteiger partial charge in [-0.3, -0.25) is 9.59 Å². The molecule has 2 amide bonds. The van der Waals surface area contributed by atoms with Gasteiger partial charge in [0.25, 0.3) is 0 Å². The van der Waals surface area contributed by atoms with Gasteiger partial charge < -0.3 is 4.74 Å². The van der Waals surface area contributed by atoms with Crippen molar-refractivity contribution in [3.63, 3.8) is 0 Å². The summed E-state index contributed by atoms with van der Waals surface area (Å²) in [6.45, 7) is 1.87. The van der Waals surface area contributed by atoms with E-state index in [1.165, 1.54) is 4.90 Å². The molecule has 104 valence electrons. The van der Waals surface area contributed by atoms with E-state index in [2.05, 4.69) is 0 Å². The molecule has 4 nitrogen and oxygen atoms in total. The van der Waals surface area contributed by atoms with Crippen LogP contribution in [0.25, 0.3) is 0 Å². The highest BCUT2D eigenvalue weighted by Gasteiger charge is 2.62. The monoisotopic (exact) mass is 291 g/mol. The molecule has 3 aliphatic rings. The molecule has 0 aliphatic carbocycles. The van der Waals surface area contributed by atoms with Gasteiger partial charge in [0.2, 0.25) is 11.8 Å². The number of amides is 2. The van der Waals surface area contributed by atoms with E-state index in [0.717, 1.165) is 18.4 Å². The molecule has 5 heteroatoms. The summed E-state index contributed by atoms with van der Waals surface area (Å²) in [7, 11) is 0. The van der Waals surface area contributed by atoms with Crippen molar-refractivity contribution in [1.29, 1.82) is 0 Å². The van der Waals surface area contributed by atoms with Crippen LogP contribution in [-0.2, 0) is 14.3 Å². The van der Waals surface area contributed by atoms with Crippen LogP contribution >= 0.6 is 11.6 Å². The lowest BCUT2D eigenvalue weighted by Gasteiger charge is -2.18. The van der Waals surface area contributed by atoms with Crippen LogP contribution in [0.2, 0.25) is 5.02 Å². The molecular weight excluding hydrogens is 278 g/mol. The lowest BCUT2D eigenvalue weighted by molar-refractivity contribution is -0.124. The van der Waals surface area contributed by atoms with Gasteiger partial charge in [0.05, 0.1) is 29.7 Å². The third kappa shape index (κ3) is 1.46. The number of carbonyl (C=O) groups is 2. The number of ether oxygens (including phenoxy) is 1. The van der Waals surface area contributed by atoms with E-state index in [1.807, 2.05) is 6.92 Å². The largest absolute Gasteiger partial charge is 0.373 e. The Kier molecular flexibility index (Phi) is 2.51. The first-order chi connectivity index (χ1) is 9.58. The quantitative estimate of drug-likeness (QED) is 0.746. The molecular formula is C15H14ClNO3. The number of carbonyl (C=O) groups excluding carboxylic acids is 2. The third-order valence-electron chi connectivity index (χ3n) is 4.68. The third-order valence-corrected chi connectivity index (χ3v) is 5.11. The highest BCUT2D eigenvalue weighted by atomic mass is 35.5. The topological polar surface area (TPSA) is 46.6 Å². The molecule has 2 bridgehead atoms. The van der Waals surface area contributed by atoms with E-state index in [-0.39, 0.29) is 35.9 Å². The Hall–Kier alpha value is -1.39. The summed E-state index contributed by atoms with van der Waals surface area (Å²) >= 11 is 6.00. The van der Waals surface area contributed by atoms with Crippen molar-refractivity contribution >= 4 is 29.1 Å². The molecule has 3 fully saturated rings. The number of hydrogen-bond acceptors (Lipinski definition) is 3. The molecule has 3 saturated heterocycles. The van der Waals surface area contributed by atoms with E-state index in [4.69, 9.17) is 16.3 Å². The predicted molar refractivity (Wildman–Crippen MR) is 73.6 cm³/mol. The summed E-state index contributed by atoms with van der Waals surface area (Å²) in [6, 6.07) is 5.25. The highest BCUT2D eigenvalue weighted by Crippen LogP contribution is 2.49. The number of anilines is 1. The van der Waals surface area contributed by atoms with Gasteiger partial charge in [-0.25, -0.2) is 4.90 Å². The van der Waals surface area contributed by atoms with Crippen LogP contribution in [-0.4, -0.2) is 24.0 Å². The zero-order chi connectivity index (χ0) is 14.0. The number of benzene rings is 1. The minimum atomic E-state index is -0.280. The average molecular weight is 292 g/mol. The first-order valence-electron chi connectivity index (χ1n) is 6.87. The molecule has 0 spiro atoms. The Morgan fingerprint density at radius 1 is 1.15 bits per heavy atom. The molecule has 3 heterocycles. The molecule has 4 atom stereocenters. The highest BCUT2D eigenvalue weighted by molar-refractivity contribution is 6.31. The van der Waals surface area contributed by atoms with Crippen LogP contribution in [0.3, 0.4) is 0 Å². The van der Waals surface area contributed by atoms with Gasteiger partial charge in [-0.2, -0.15) is 0 Å². The second-order valence-electron chi connectivity index (χ2n) is 5.79. The van der Waals surface area contributed by atoms with Crippen LogP contribution < -0.4 is 4.90 Å². The molecule has 3 aliphatic heterocycles. The number of fused-ring (bicyclic) bond motifs is 5. The lowest BCUT2D eigenvalue weighted by Crippen LogP contribution is -2.34. The zero-order valence-corrected chi connectivity index (χ0v) is 11.8. The molecule has 0 N–H and O–H groups in total. The van der Waals surface area contributed by atoms with Crippen molar-refractivity contribution < 1.29 is 14.3 Å². The summed E-state index contributed by atoms with van der Waals surface area (Å²) < 4.78 is 5.72. The summed E-state index contributed by atoms with van der Waals surface area (Å²) in [5.74, 6) is -0.794. The van der Waals surface area contributed by atoms with E-state index < -0.39 is 0 Å². The van der Waals surface area contributed by atoms with Crippen molar-refractivity contribution in [3.8, 4) is 0 Å². The van der Waals surface area contributed by atoms with Crippen molar-refractivity contribution in [1.82, 2.24) is 0 Å². The van der Waals surface area contributed by atoms with Crippen LogP contribution in [0.15, 0.2) is 18.2 Å². The molecule has 0 saturated carbocycles. The maximum atomic E-state index is 12.6.